The van der Waals surface area contributed by atoms with Crippen LogP contribution in [0.5, 0.6) is 5.75 Å². The molecule has 0 unspecified atom stereocenters. The highest BCUT2D eigenvalue weighted by molar-refractivity contribution is 6.30. The fourth-order valence-electron chi connectivity index (χ4n) is 0.769. The zero-order valence-electron chi connectivity index (χ0n) is 7.09. The standard InChI is InChI=1S/C10H12ClO/c1-8(2)7-12-10-5-3-9(11)4-6-10/h3-6,8H,1,7H2,2H3/t8-/m0/s1. The molecule has 0 aliphatic carbocycles. The number of ether oxygens (including phenoxy) is 1. The Balaban J connectivity index is 2.48. The maximum absolute atomic E-state index is 5.71. The van der Waals surface area contributed by atoms with Gasteiger partial charge in [-0.25, -0.2) is 0 Å². The van der Waals surface area contributed by atoms with Crippen LogP contribution in [0.1, 0.15) is 6.92 Å². The minimum Gasteiger partial charge on any atom is -0.493 e. The van der Waals surface area contributed by atoms with E-state index in [-0.39, 0.29) is 0 Å². The molecule has 0 saturated heterocycles. The molecule has 1 nitrogen and oxygen atoms in total. The molecule has 1 rings (SSSR count). The average molecular weight is 184 g/mol. The minimum absolute atomic E-state index is 0.306. The molecule has 0 N–H and O–H groups in total. The van der Waals surface area contributed by atoms with Gasteiger partial charge in [-0.05, 0) is 37.1 Å². The zero-order chi connectivity index (χ0) is 8.97. The van der Waals surface area contributed by atoms with Crippen molar-refractivity contribution in [3.63, 3.8) is 0 Å². The van der Waals surface area contributed by atoms with E-state index in [1.807, 2.05) is 31.2 Å². The van der Waals surface area contributed by atoms with E-state index in [0.717, 1.165) is 10.8 Å². The summed E-state index contributed by atoms with van der Waals surface area (Å²) in [5.41, 5.74) is 0. The first-order valence-electron chi connectivity index (χ1n) is 3.90. The number of benzene rings is 1. The second-order valence-corrected chi connectivity index (χ2v) is 3.31. The lowest BCUT2D eigenvalue weighted by atomic mass is 10.2. The van der Waals surface area contributed by atoms with E-state index < -0.39 is 0 Å². The minimum atomic E-state index is 0.306. The van der Waals surface area contributed by atoms with E-state index in [9.17, 15) is 0 Å². The van der Waals surface area contributed by atoms with Gasteiger partial charge in [-0.1, -0.05) is 18.5 Å². The summed E-state index contributed by atoms with van der Waals surface area (Å²) in [6, 6.07) is 7.32. The summed E-state index contributed by atoms with van der Waals surface area (Å²) >= 11 is 5.71. The Morgan fingerprint density at radius 3 is 2.50 bits per heavy atom. The van der Waals surface area contributed by atoms with E-state index in [0.29, 0.717) is 12.5 Å². The van der Waals surface area contributed by atoms with Gasteiger partial charge in [-0.15, -0.1) is 0 Å². The summed E-state index contributed by atoms with van der Waals surface area (Å²) < 4.78 is 5.40. The van der Waals surface area contributed by atoms with Crippen molar-refractivity contribution >= 4 is 11.6 Å². The lowest BCUT2D eigenvalue weighted by Crippen LogP contribution is -2.04. The fraction of sp³-hybridized carbons (Fsp3) is 0.300. The first-order valence-corrected chi connectivity index (χ1v) is 4.27. The van der Waals surface area contributed by atoms with E-state index in [2.05, 4.69) is 6.92 Å². The number of hydrogen-bond donors (Lipinski definition) is 0. The van der Waals surface area contributed by atoms with Crippen LogP contribution < -0.4 is 4.74 Å². The maximum Gasteiger partial charge on any atom is 0.119 e. The molecule has 65 valence electrons. The number of halogens is 1. The average Bonchev–Trinajstić information content (AvgIpc) is 2.03. The highest BCUT2D eigenvalue weighted by Crippen LogP contribution is 2.15. The molecule has 0 saturated carbocycles. The van der Waals surface area contributed by atoms with Crippen LogP contribution in [0, 0.1) is 12.8 Å². The molecule has 1 aromatic rings. The monoisotopic (exact) mass is 183 g/mol. The molecular formula is C10H12ClO. The van der Waals surface area contributed by atoms with Gasteiger partial charge in [0.1, 0.15) is 5.75 Å². The van der Waals surface area contributed by atoms with Crippen molar-refractivity contribution in [3.8, 4) is 5.75 Å². The molecule has 0 amide bonds. The predicted molar refractivity (Wildman–Crippen MR) is 51.5 cm³/mol. The van der Waals surface area contributed by atoms with Crippen LogP contribution in [-0.4, -0.2) is 6.61 Å². The van der Waals surface area contributed by atoms with E-state index in [4.69, 9.17) is 16.3 Å². The topological polar surface area (TPSA) is 9.23 Å². The summed E-state index contributed by atoms with van der Waals surface area (Å²) in [4.78, 5) is 0. The predicted octanol–water partition coefficient (Wildman–Crippen LogP) is 3.19. The smallest absolute Gasteiger partial charge is 0.119 e. The Hall–Kier alpha value is -0.690. The lowest BCUT2D eigenvalue weighted by molar-refractivity contribution is 0.284. The third kappa shape index (κ3) is 3.14. The Morgan fingerprint density at radius 2 is 2.00 bits per heavy atom. The molecule has 0 aliphatic rings. The van der Waals surface area contributed by atoms with Gasteiger partial charge in [0.05, 0.1) is 6.61 Å². The molecule has 0 heterocycles. The van der Waals surface area contributed by atoms with Crippen LogP contribution in [0.4, 0.5) is 0 Å². The van der Waals surface area contributed by atoms with Gasteiger partial charge in [0.2, 0.25) is 0 Å². The van der Waals surface area contributed by atoms with Crippen molar-refractivity contribution < 1.29 is 4.74 Å². The molecule has 12 heavy (non-hydrogen) atoms. The van der Waals surface area contributed by atoms with Crippen molar-refractivity contribution in [2.75, 3.05) is 6.61 Å². The van der Waals surface area contributed by atoms with Crippen LogP contribution >= 0.6 is 11.6 Å². The molecule has 1 aromatic carbocycles. The second-order valence-electron chi connectivity index (χ2n) is 2.87. The van der Waals surface area contributed by atoms with Crippen LogP contribution in [0.2, 0.25) is 5.02 Å². The highest BCUT2D eigenvalue weighted by Gasteiger charge is 1.96. The molecule has 0 fully saturated rings. The number of rotatable bonds is 3. The molecule has 1 radical (unpaired) electrons. The second kappa shape index (κ2) is 4.36. The fourth-order valence-corrected chi connectivity index (χ4v) is 0.895. The van der Waals surface area contributed by atoms with E-state index >= 15 is 0 Å². The summed E-state index contributed by atoms with van der Waals surface area (Å²) in [6.45, 7) is 6.47. The van der Waals surface area contributed by atoms with E-state index in [1.54, 1.807) is 0 Å². The van der Waals surface area contributed by atoms with Crippen LogP contribution in [0.3, 0.4) is 0 Å². The molecule has 0 spiro atoms. The van der Waals surface area contributed by atoms with Gasteiger partial charge in [0.15, 0.2) is 0 Å². The van der Waals surface area contributed by atoms with Gasteiger partial charge in [-0.2, -0.15) is 0 Å². The van der Waals surface area contributed by atoms with Gasteiger partial charge in [0.25, 0.3) is 0 Å². The molecule has 0 aliphatic heterocycles. The maximum atomic E-state index is 5.71. The van der Waals surface area contributed by atoms with Crippen molar-refractivity contribution in [3.05, 3.63) is 36.2 Å². The third-order valence-corrected chi connectivity index (χ3v) is 1.60. The Kier molecular flexibility index (Phi) is 3.42. The quantitative estimate of drug-likeness (QED) is 0.700. The van der Waals surface area contributed by atoms with E-state index in [1.165, 1.54) is 0 Å². The largest absolute Gasteiger partial charge is 0.493 e. The molecule has 0 bridgehead atoms. The summed E-state index contributed by atoms with van der Waals surface area (Å²) in [7, 11) is 0. The summed E-state index contributed by atoms with van der Waals surface area (Å²) in [5, 5.41) is 0.727. The zero-order valence-corrected chi connectivity index (χ0v) is 7.84. The van der Waals surface area contributed by atoms with Gasteiger partial charge in [0, 0.05) is 5.02 Å². The third-order valence-electron chi connectivity index (χ3n) is 1.35. The van der Waals surface area contributed by atoms with Crippen LogP contribution in [0.15, 0.2) is 24.3 Å². The summed E-state index contributed by atoms with van der Waals surface area (Å²) in [6.07, 6.45) is 0. The molecule has 1 atom stereocenters. The Morgan fingerprint density at radius 1 is 1.42 bits per heavy atom. The normalized spacial score (nSPS) is 10.3. The van der Waals surface area contributed by atoms with Gasteiger partial charge >= 0.3 is 0 Å². The molecule has 2 heteroatoms. The van der Waals surface area contributed by atoms with Crippen LogP contribution in [0.25, 0.3) is 0 Å². The van der Waals surface area contributed by atoms with Gasteiger partial charge in [-0.3, -0.25) is 0 Å². The Bertz CT molecular complexity index is 228. The van der Waals surface area contributed by atoms with Crippen molar-refractivity contribution in [2.24, 2.45) is 5.92 Å². The van der Waals surface area contributed by atoms with Crippen molar-refractivity contribution in [1.82, 2.24) is 0 Å². The molecular weight excluding hydrogens is 172 g/mol. The van der Waals surface area contributed by atoms with Crippen molar-refractivity contribution in [1.29, 1.82) is 0 Å². The Labute approximate surface area is 78.3 Å². The number of hydrogen-bond acceptors (Lipinski definition) is 1. The molecule has 0 aromatic heterocycles. The SMILES string of the molecule is [CH2][C@@H](C)COc1ccc(Cl)cc1. The van der Waals surface area contributed by atoms with Crippen molar-refractivity contribution in [2.45, 2.75) is 6.92 Å². The van der Waals surface area contributed by atoms with Gasteiger partial charge < -0.3 is 4.74 Å². The summed E-state index contributed by atoms with van der Waals surface area (Å²) in [5.74, 6) is 1.15. The highest BCUT2D eigenvalue weighted by atomic mass is 35.5. The lowest BCUT2D eigenvalue weighted by Gasteiger charge is -2.07. The first kappa shape index (κ1) is 9.40. The van der Waals surface area contributed by atoms with Crippen LogP contribution in [-0.2, 0) is 0 Å². The first-order chi connectivity index (χ1) is 5.68.